The van der Waals surface area contributed by atoms with Crippen LogP contribution in [0.15, 0.2) is 46.2 Å². The molecule has 1 aliphatic rings. The molecule has 1 amide bonds. The summed E-state index contributed by atoms with van der Waals surface area (Å²) in [6, 6.07) is 9.63. The molecule has 0 saturated carbocycles. The molecule has 0 atom stereocenters. The Labute approximate surface area is 167 Å². The molecule has 4 rings (SSSR count). The number of piperidine rings is 1. The predicted molar refractivity (Wildman–Crippen MR) is 106 cm³/mol. The summed E-state index contributed by atoms with van der Waals surface area (Å²) in [5.74, 6) is 2.17. The van der Waals surface area contributed by atoms with E-state index in [4.69, 9.17) is 9.15 Å². The van der Waals surface area contributed by atoms with Crippen LogP contribution < -0.4 is 4.74 Å². The first-order chi connectivity index (χ1) is 13.7. The molecule has 146 valence electrons. The molecule has 0 aliphatic carbocycles. The maximum atomic E-state index is 12.3. The van der Waals surface area contributed by atoms with E-state index in [-0.39, 0.29) is 12.5 Å². The second kappa shape index (κ2) is 8.60. The molecule has 1 aromatic carbocycles. The fourth-order valence-corrected chi connectivity index (χ4v) is 3.84. The van der Waals surface area contributed by atoms with Crippen LogP contribution in [0.1, 0.15) is 25.7 Å². The number of aromatic nitrogens is 3. The Morgan fingerprint density at radius 1 is 1.25 bits per heavy atom. The third-order valence-corrected chi connectivity index (χ3v) is 5.65. The quantitative estimate of drug-likeness (QED) is 0.587. The molecule has 0 spiro atoms. The van der Waals surface area contributed by atoms with Crippen molar-refractivity contribution < 1.29 is 13.9 Å². The van der Waals surface area contributed by atoms with E-state index in [1.165, 1.54) is 11.8 Å². The lowest BCUT2D eigenvalue weighted by Crippen LogP contribution is -2.38. The second-order valence-electron chi connectivity index (χ2n) is 6.93. The number of rotatable bonds is 6. The van der Waals surface area contributed by atoms with Gasteiger partial charge in [0, 0.05) is 24.7 Å². The molecule has 3 aromatic rings. The number of hydrogen-bond donors (Lipinski definition) is 0. The van der Waals surface area contributed by atoms with Gasteiger partial charge in [0.05, 0.1) is 5.75 Å². The summed E-state index contributed by atoms with van der Waals surface area (Å²) in [7, 11) is 0. The van der Waals surface area contributed by atoms with Gasteiger partial charge in [-0.2, -0.15) is 0 Å². The van der Waals surface area contributed by atoms with Gasteiger partial charge in [-0.25, -0.2) is 0 Å². The Morgan fingerprint density at radius 2 is 2.07 bits per heavy atom. The van der Waals surface area contributed by atoms with Crippen LogP contribution in [-0.4, -0.2) is 44.8 Å². The first-order valence-corrected chi connectivity index (χ1v) is 10.4. The van der Waals surface area contributed by atoms with E-state index in [1.807, 2.05) is 35.2 Å². The van der Waals surface area contributed by atoms with Gasteiger partial charge in [0.25, 0.3) is 11.1 Å². The zero-order chi connectivity index (χ0) is 19.3. The Hall–Kier alpha value is -2.61. The standard InChI is InChI=1S/C20H22N4O3S/c1-14-7-10-24(11-8-14)18(25)13-28-20-23-22-17(27-20)12-26-16-6-2-4-15-5-3-9-21-19(15)16/h2-6,9,14H,7-8,10-13H2,1H3. The zero-order valence-corrected chi connectivity index (χ0v) is 16.5. The van der Waals surface area contributed by atoms with Crippen molar-refractivity contribution in [2.45, 2.75) is 31.6 Å². The van der Waals surface area contributed by atoms with Crippen LogP contribution in [0.4, 0.5) is 0 Å². The van der Waals surface area contributed by atoms with Crippen LogP contribution in [0.3, 0.4) is 0 Å². The summed E-state index contributed by atoms with van der Waals surface area (Å²) in [5, 5.41) is 9.39. The molecular weight excluding hydrogens is 376 g/mol. The average molecular weight is 398 g/mol. The van der Waals surface area contributed by atoms with Gasteiger partial charge < -0.3 is 14.1 Å². The van der Waals surface area contributed by atoms with Gasteiger partial charge in [0.15, 0.2) is 6.61 Å². The van der Waals surface area contributed by atoms with E-state index in [0.29, 0.717) is 28.5 Å². The number of fused-ring (bicyclic) bond motifs is 1. The largest absolute Gasteiger partial charge is 0.482 e. The molecular formula is C20H22N4O3S. The monoisotopic (exact) mass is 398 g/mol. The van der Waals surface area contributed by atoms with Crippen molar-refractivity contribution >= 4 is 28.6 Å². The Morgan fingerprint density at radius 3 is 2.93 bits per heavy atom. The minimum atomic E-state index is 0.120. The highest BCUT2D eigenvalue weighted by molar-refractivity contribution is 7.99. The molecule has 2 aromatic heterocycles. The topological polar surface area (TPSA) is 81.4 Å². The van der Waals surface area contributed by atoms with Crippen molar-refractivity contribution in [3.05, 3.63) is 42.4 Å². The third kappa shape index (κ3) is 4.44. The molecule has 0 bridgehead atoms. The number of benzene rings is 1. The third-order valence-electron chi connectivity index (χ3n) is 4.85. The Balaban J connectivity index is 1.30. The summed E-state index contributed by atoms with van der Waals surface area (Å²) in [5.41, 5.74) is 0.792. The van der Waals surface area contributed by atoms with Crippen LogP contribution in [0.5, 0.6) is 5.75 Å². The second-order valence-corrected chi connectivity index (χ2v) is 7.86. The van der Waals surface area contributed by atoms with E-state index in [9.17, 15) is 4.79 Å². The first kappa shape index (κ1) is 18.7. The lowest BCUT2D eigenvalue weighted by Gasteiger charge is -2.30. The number of ether oxygens (including phenoxy) is 1. The Kier molecular flexibility index (Phi) is 5.76. The minimum Gasteiger partial charge on any atom is -0.482 e. The summed E-state index contributed by atoms with van der Waals surface area (Å²) >= 11 is 1.27. The molecule has 0 unspecified atom stereocenters. The maximum Gasteiger partial charge on any atom is 0.277 e. The number of nitrogens with zero attached hydrogens (tertiary/aromatic N) is 4. The van der Waals surface area contributed by atoms with E-state index in [0.717, 1.165) is 36.8 Å². The highest BCUT2D eigenvalue weighted by atomic mass is 32.2. The van der Waals surface area contributed by atoms with Crippen molar-refractivity contribution in [3.8, 4) is 5.75 Å². The number of pyridine rings is 1. The normalized spacial score (nSPS) is 15.1. The lowest BCUT2D eigenvalue weighted by molar-refractivity contribution is -0.129. The number of likely N-dealkylation sites (tertiary alicyclic amines) is 1. The van der Waals surface area contributed by atoms with Gasteiger partial charge in [-0.05, 0) is 30.9 Å². The molecule has 28 heavy (non-hydrogen) atoms. The molecule has 7 nitrogen and oxygen atoms in total. The highest BCUT2D eigenvalue weighted by Gasteiger charge is 2.21. The van der Waals surface area contributed by atoms with Crippen molar-refractivity contribution in [2.24, 2.45) is 5.92 Å². The number of carbonyl (C=O) groups is 1. The van der Waals surface area contributed by atoms with Gasteiger partial charge >= 0.3 is 0 Å². The summed E-state index contributed by atoms with van der Waals surface area (Å²) < 4.78 is 11.4. The number of para-hydroxylation sites is 1. The van der Waals surface area contributed by atoms with Crippen LogP contribution in [0, 0.1) is 5.92 Å². The van der Waals surface area contributed by atoms with Gasteiger partial charge in [-0.15, -0.1) is 10.2 Å². The van der Waals surface area contributed by atoms with Crippen molar-refractivity contribution in [1.29, 1.82) is 0 Å². The zero-order valence-electron chi connectivity index (χ0n) is 15.7. The molecule has 1 fully saturated rings. The maximum absolute atomic E-state index is 12.3. The number of thioether (sulfide) groups is 1. The van der Waals surface area contributed by atoms with Gasteiger partial charge in [0.1, 0.15) is 11.3 Å². The molecule has 0 N–H and O–H groups in total. The van der Waals surface area contributed by atoms with Gasteiger partial charge in [0.2, 0.25) is 5.91 Å². The fraction of sp³-hybridized carbons (Fsp3) is 0.400. The fourth-order valence-electron chi connectivity index (χ4n) is 3.16. The van der Waals surface area contributed by atoms with Crippen molar-refractivity contribution in [3.63, 3.8) is 0 Å². The number of carbonyl (C=O) groups excluding carboxylic acids is 1. The lowest BCUT2D eigenvalue weighted by atomic mass is 9.99. The van der Waals surface area contributed by atoms with E-state index < -0.39 is 0 Å². The predicted octanol–water partition coefficient (Wildman–Crippen LogP) is 3.55. The summed E-state index contributed by atoms with van der Waals surface area (Å²) in [4.78, 5) is 18.6. The highest BCUT2D eigenvalue weighted by Crippen LogP contribution is 2.24. The molecule has 8 heteroatoms. The van der Waals surface area contributed by atoms with E-state index in [1.54, 1.807) is 6.20 Å². The molecule has 3 heterocycles. The van der Waals surface area contributed by atoms with Gasteiger partial charge in [-0.1, -0.05) is 36.9 Å². The number of amides is 1. The number of hydrogen-bond acceptors (Lipinski definition) is 7. The van der Waals surface area contributed by atoms with Crippen LogP contribution >= 0.6 is 11.8 Å². The minimum absolute atomic E-state index is 0.120. The van der Waals surface area contributed by atoms with E-state index >= 15 is 0 Å². The smallest absolute Gasteiger partial charge is 0.277 e. The van der Waals surface area contributed by atoms with Crippen molar-refractivity contribution in [1.82, 2.24) is 20.1 Å². The summed E-state index contributed by atoms with van der Waals surface area (Å²) in [6.07, 6.45) is 3.87. The molecule has 1 saturated heterocycles. The first-order valence-electron chi connectivity index (χ1n) is 9.38. The molecule has 1 aliphatic heterocycles. The van der Waals surface area contributed by atoms with Crippen molar-refractivity contribution in [2.75, 3.05) is 18.8 Å². The average Bonchev–Trinajstić information content (AvgIpc) is 3.19. The molecule has 0 radical (unpaired) electrons. The van der Waals surface area contributed by atoms with Crippen LogP contribution in [0.2, 0.25) is 0 Å². The SMILES string of the molecule is CC1CCN(C(=O)CSc2nnc(COc3cccc4cccnc34)o2)CC1. The van der Waals surface area contributed by atoms with E-state index in [2.05, 4.69) is 22.1 Å². The van der Waals surface area contributed by atoms with Gasteiger partial charge in [-0.3, -0.25) is 9.78 Å². The van der Waals surface area contributed by atoms with Crippen LogP contribution in [-0.2, 0) is 11.4 Å². The Bertz CT molecular complexity index is 948. The summed E-state index contributed by atoms with van der Waals surface area (Å²) in [6.45, 7) is 4.05. The van der Waals surface area contributed by atoms with Crippen LogP contribution in [0.25, 0.3) is 10.9 Å².